The maximum absolute atomic E-state index is 11.9. The first-order valence-electron chi connectivity index (χ1n) is 4.66. The molecule has 0 aromatic carbocycles. The van der Waals surface area contributed by atoms with Gasteiger partial charge < -0.3 is 9.88 Å². The SMILES string of the molecule is CSCC(C)N(C)C(=O)c1cc(Br)c[nH]1. The number of carbonyl (C=O) groups is 1. The molecule has 0 fully saturated rings. The number of rotatable bonds is 4. The van der Waals surface area contributed by atoms with Crippen LogP contribution in [-0.2, 0) is 0 Å². The molecule has 0 bridgehead atoms. The Morgan fingerprint density at radius 3 is 2.87 bits per heavy atom. The van der Waals surface area contributed by atoms with Gasteiger partial charge in [-0.2, -0.15) is 11.8 Å². The molecule has 0 saturated carbocycles. The number of H-pyrrole nitrogens is 1. The molecule has 0 aliphatic rings. The van der Waals surface area contributed by atoms with Gasteiger partial charge in [0.25, 0.3) is 5.91 Å². The molecule has 0 aliphatic heterocycles. The third-order valence-corrected chi connectivity index (χ3v) is 3.54. The lowest BCUT2D eigenvalue weighted by atomic mass is 10.3. The molecule has 1 aromatic heterocycles. The van der Waals surface area contributed by atoms with E-state index in [0.717, 1.165) is 10.2 Å². The summed E-state index contributed by atoms with van der Waals surface area (Å²) in [5, 5.41) is 0. The second-order valence-electron chi connectivity index (χ2n) is 3.45. The zero-order valence-electron chi connectivity index (χ0n) is 9.08. The molecule has 1 atom stereocenters. The summed E-state index contributed by atoms with van der Waals surface area (Å²) in [4.78, 5) is 16.6. The summed E-state index contributed by atoms with van der Waals surface area (Å²) in [5.41, 5.74) is 0.623. The smallest absolute Gasteiger partial charge is 0.270 e. The van der Waals surface area contributed by atoms with Gasteiger partial charge in [0.15, 0.2) is 0 Å². The lowest BCUT2D eigenvalue weighted by Crippen LogP contribution is -2.36. The molecule has 1 unspecified atom stereocenters. The van der Waals surface area contributed by atoms with Crippen molar-refractivity contribution in [3.05, 3.63) is 22.4 Å². The van der Waals surface area contributed by atoms with E-state index in [9.17, 15) is 4.79 Å². The Hall–Kier alpha value is -0.420. The number of hydrogen-bond acceptors (Lipinski definition) is 2. The van der Waals surface area contributed by atoms with E-state index >= 15 is 0 Å². The van der Waals surface area contributed by atoms with Crippen molar-refractivity contribution in [3.63, 3.8) is 0 Å². The minimum Gasteiger partial charge on any atom is -0.356 e. The standard InChI is InChI=1S/C10H15BrN2OS/c1-7(6-15-3)13(2)10(14)9-4-8(11)5-12-9/h4-5,7,12H,6H2,1-3H3. The Labute approximate surface area is 103 Å². The number of hydrogen-bond donors (Lipinski definition) is 1. The van der Waals surface area contributed by atoms with E-state index < -0.39 is 0 Å². The van der Waals surface area contributed by atoms with Gasteiger partial charge in [0, 0.05) is 29.5 Å². The molecule has 1 N–H and O–H groups in total. The highest BCUT2D eigenvalue weighted by Gasteiger charge is 2.17. The second kappa shape index (κ2) is 5.61. The van der Waals surface area contributed by atoms with Crippen molar-refractivity contribution >= 4 is 33.6 Å². The highest BCUT2D eigenvalue weighted by molar-refractivity contribution is 9.10. The number of carbonyl (C=O) groups excluding carboxylic acids is 1. The van der Waals surface area contributed by atoms with Crippen LogP contribution in [0.2, 0.25) is 0 Å². The van der Waals surface area contributed by atoms with Crippen molar-refractivity contribution in [2.45, 2.75) is 13.0 Å². The monoisotopic (exact) mass is 290 g/mol. The minimum absolute atomic E-state index is 0.0299. The third-order valence-electron chi connectivity index (χ3n) is 2.27. The maximum atomic E-state index is 11.9. The average molecular weight is 291 g/mol. The van der Waals surface area contributed by atoms with E-state index in [1.165, 1.54) is 0 Å². The van der Waals surface area contributed by atoms with Crippen LogP contribution in [-0.4, -0.2) is 40.9 Å². The van der Waals surface area contributed by atoms with Crippen LogP contribution < -0.4 is 0 Å². The Balaban J connectivity index is 2.68. The van der Waals surface area contributed by atoms with E-state index in [1.54, 1.807) is 28.9 Å². The van der Waals surface area contributed by atoms with Crippen LogP contribution in [0, 0.1) is 0 Å². The van der Waals surface area contributed by atoms with Crippen LogP contribution in [0.1, 0.15) is 17.4 Å². The topological polar surface area (TPSA) is 36.1 Å². The summed E-state index contributed by atoms with van der Waals surface area (Å²) in [7, 11) is 1.83. The molecule has 1 heterocycles. The molecule has 1 aromatic rings. The average Bonchev–Trinajstić information content (AvgIpc) is 2.63. The van der Waals surface area contributed by atoms with Gasteiger partial charge in [-0.1, -0.05) is 0 Å². The van der Waals surface area contributed by atoms with E-state index in [4.69, 9.17) is 0 Å². The van der Waals surface area contributed by atoms with Gasteiger partial charge in [0.1, 0.15) is 5.69 Å². The Morgan fingerprint density at radius 2 is 2.40 bits per heavy atom. The Kier molecular flexibility index (Phi) is 4.73. The van der Waals surface area contributed by atoms with Crippen LogP contribution in [0.25, 0.3) is 0 Å². The number of nitrogens with zero attached hydrogens (tertiary/aromatic N) is 1. The maximum Gasteiger partial charge on any atom is 0.270 e. The van der Waals surface area contributed by atoms with E-state index in [0.29, 0.717) is 5.69 Å². The van der Waals surface area contributed by atoms with E-state index in [2.05, 4.69) is 20.9 Å². The zero-order valence-corrected chi connectivity index (χ0v) is 11.5. The first-order valence-corrected chi connectivity index (χ1v) is 6.85. The fraction of sp³-hybridized carbons (Fsp3) is 0.500. The molecule has 1 rings (SSSR count). The van der Waals surface area contributed by atoms with Crippen molar-refractivity contribution in [3.8, 4) is 0 Å². The largest absolute Gasteiger partial charge is 0.356 e. The molecule has 3 nitrogen and oxygen atoms in total. The lowest BCUT2D eigenvalue weighted by Gasteiger charge is -2.23. The first kappa shape index (κ1) is 12.6. The fourth-order valence-corrected chi connectivity index (χ4v) is 2.28. The summed E-state index contributed by atoms with van der Waals surface area (Å²) in [5.74, 6) is 0.978. The van der Waals surface area contributed by atoms with Crippen LogP contribution in [0.3, 0.4) is 0 Å². The van der Waals surface area contributed by atoms with Gasteiger partial charge in [-0.05, 0) is 35.2 Å². The second-order valence-corrected chi connectivity index (χ2v) is 5.28. The lowest BCUT2D eigenvalue weighted by molar-refractivity contribution is 0.0752. The molecule has 0 spiro atoms. The molecule has 5 heteroatoms. The van der Waals surface area contributed by atoms with Crippen molar-refractivity contribution in [1.29, 1.82) is 0 Å². The molecule has 0 radical (unpaired) electrons. The van der Waals surface area contributed by atoms with Crippen molar-refractivity contribution in [2.24, 2.45) is 0 Å². The highest BCUT2D eigenvalue weighted by atomic mass is 79.9. The highest BCUT2D eigenvalue weighted by Crippen LogP contribution is 2.13. The van der Waals surface area contributed by atoms with Crippen LogP contribution in [0.5, 0.6) is 0 Å². The quantitative estimate of drug-likeness (QED) is 0.925. The molecular weight excluding hydrogens is 276 g/mol. The van der Waals surface area contributed by atoms with Crippen molar-refractivity contribution in [2.75, 3.05) is 19.1 Å². The fourth-order valence-electron chi connectivity index (χ4n) is 1.23. The molecule has 0 saturated heterocycles. The predicted octanol–water partition coefficient (Wildman–Crippen LogP) is 2.60. The van der Waals surface area contributed by atoms with E-state index in [1.807, 2.05) is 20.2 Å². The van der Waals surface area contributed by atoms with Crippen LogP contribution >= 0.6 is 27.7 Å². The van der Waals surface area contributed by atoms with Crippen molar-refractivity contribution < 1.29 is 4.79 Å². The number of thioether (sulfide) groups is 1. The number of halogens is 1. The first-order chi connectivity index (χ1) is 7.06. The minimum atomic E-state index is 0.0299. The summed E-state index contributed by atoms with van der Waals surface area (Å²) in [6.07, 6.45) is 3.81. The molecule has 84 valence electrons. The molecular formula is C10H15BrN2OS. The Bertz CT molecular complexity index is 340. The summed E-state index contributed by atoms with van der Waals surface area (Å²) < 4.78 is 0.900. The number of aromatic amines is 1. The van der Waals surface area contributed by atoms with Crippen molar-refractivity contribution in [1.82, 2.24) is 9.88 Å². The van der Waals surface area contributed by atoms with Gasteiger partial charge in [0.05, 0.1) is 0 Å². The number of nitrogens with one attached hydrogen (secondary N) is 1. The third kappa shape index (κ3) is 3.28. The zero-order chi connectivity index (χ0) is 11.4. The molecule has 15 heavy (non-hydrogen) atoms. The predicted molar refractivity (Wildman–Crippen MR) is 68.4 cm³/mol. The molecule has 1 amide bonds. The normalized spacial score (nSPS) is 12.5. The van der Waals surface area contributed by atoms with Gasteiger partial charge >= 0.3 is 0 Å². The summed E-state index contributed by atoms with van der Waals surface area (Å²) >= 11 is 5.05. The van der Waals surface area contributed by atoms with E-state index in [-0.39, 0.29) is 11.9 Å². The summed E-state index contributed by atoms with van der Waals surface area (Å²) in [6, 6.07) is 2.04. The van der Waals surface area contributed by atoms with Gasteiger partial charge in [0.2, 0.25) is 0 Å². The van der Waals surface area contributed by atoms with Gasteiger partial charge in [-0.25, -0.2) is 0 Å². The molecule has 0 aliphatic carbocycles. The van der Waals surface area contributed by atoms with Crippen LogP contribution in [0.15, 0.2) is 16.7 Å². The number of amides is 1. The Morgan fingerprint density at radius 1 is 1.73 bits per heavy atom. The number of aromatic nitrogens is 1. The van der Waals surface area contributed by atoms with Gasteiger partial charge in [-0.3, -0.25) is 4.79 Å². The summed E-state index contributed by atoms with van der Waals surface area (Å²) in [6.45, 7) is 2.05. The van der Waals surface area contributed by atoms with Gasteiger partial charge in [-0.15, -0.1) is 0 Å². The van der Waals surface area contributed by atoms with Crippen LogP contribution in [0.4, 0.5) is 0 Å².